The average Bonchev–Trinajstić information content (AvgIpc) is 2.35. The van der Waals surface area contributed by atoms with E-state index in [1.807, 2.05) is 24.3 Å². The van der Waals surface area contributed by atoms with E-state index >= 15 is 0 Å². The van der Waals surface area contributed by atoms with Crippen molar-refractivity contribution in [3.63, 3.8) is 0 Å². The number of cyclic esters (lactones) is 2. The van der Waals surface area contributed by atoms with Crippen molar-refractivity contribution in [1.29, 1.82) is 0 Å². The van der Waals surface area contributed by atoms with Gasteiger partial charge in [0.05, 0.1) is 0 Å². The maximum Gasteiger partial charge on any atom is 0.350 e. The summed E-state index contributed by atoms with van der Waals surface area (Å²) in [5, 5.41) is 2.95. The standard InChI is InChI=1S/C17H21NO4/c1-11(2)8-12-6-5-7-13(9-12)18-10-14-15(19)21-17(3,4)22-16(14)20/h5-7,9-11,18H,8H2,1-4H3. The third-order valence-electron chi connectivity index (χ3n) is 3.07. The fourth-order valence-corrected chi connectivity index (χ4v) is 2.19. The zero-order valence-electron chi connectivity index (χ0n) is 13.3. The molecular formula is C17H21NO4. The van der Waals surface area contributed by atoms with Gasteiger partial charge in [-0.2, -0.15) is 0 Å². The van der Waals surface area contributed by atoms with Crippen molar-refractivity contribution in [2.75, 3.05) is 5.32 Å². The van der Waals surface area contributed by atoms with E-state index in [9.17, 15) is 9.59 Å². The van der Waals surface area contributed by atoms with Gasteiger partial charge in [0.2, 0.25) is 0 Å². The summed E-state index contributed by atoms with van der Waals surface area (Å²) >= 11 is 0. The molecular weight excluding hydrogens is 282 g/mol. The smallest absolute Gasteiger partial charge is 0.350 e. The van der Waals surface area contributed by atoms with Crippen molar-refractivity contribution in [1.82, 2.24) is 0 Å². The maximum atomic E-state index is 11.8. The van der Waals surface area contributed by atoms with Crippen LogP contribution in [0, 0.1) is 5.92 Å². The van der Waals surface area contributed by atoms with Crippen LogP contribution in [-0.4, -0.2) is 17.7 Å². The van der Waals surface area contributed by atoms with Crippen molar-refractivity contribution < 1.29 is 19.1 Å². The highest BCUT2D eigenvalue weighted by molar-refractivity contribution is 6.15. The van der Waals surface area contributed by atoms with E-state index < -0.39 is 17.7 Å². The van der Waals surface area contributed by atoms with E-state index in [2.05, 4.69) is 19.2 Å². The summed E-state index contributed by atoms with van der Waals surface area (Å²) in [6.07, 6.45) is 2.29. The van der Waals surface area contributed by atoms with E-state index in [1.54, 1.807) is 0 Å². The lowest BCUT2D eigenvalue weighted by Gasteiger charge is -2.29. The second-order valence-electron chi connectivity index (χ2n) is 6.18. The van der Waals surface area contributed by atoms with Gasteiger partial charge in [0, 0.05) is 25.7 Å². The number of hydrogen-bond acceptors (Lipinski definition) is 5. The topological polar surface area (TPSA) is 64.6 Å². The van der Waals surface area contributed by atoms with Crippen LogP contribution in [0.25, 0.3) is 0 Å². The van der Waals surface area contributed by atoms with E-state index in [1.165, 1.54) is 25.6 Å². The Morgan fingerprint density at radius 2 is 1.82 bits per heavy atom. The van der Waals surface area contributed by atoms with Gasteiger partial charge < -0.3 is 14.8 Å². The van der Waals surface area contributed by atoms with Gasteiger partial charge in [0.15, 0.2) is 5.57 Å². The first-order valence-electron chi connectivity index (χ1n) is 7.29. The quantitative estimate of drug-likeness (QED) is 0.526. The zero-order chi connectivity index (χ0) is 16.3. The number of anilines is 1. The van der Waals surface area contributed by atoms with Crippen molar-refractivity contribution in [2.45, 2.75) is 39.9 Å². The molecule has 1 heterocycles. The molecule has 1 N–H and O–H groups in total. The normalized spacial score (nSPS) is 17.0. The molecule has 0 spiro atoms. The van der Waals surface area contributed by atoms with Crippen LogP contribution in [0.1, 0.15) is 33.3 Å². The van der Waals surface area contributed by atoms with Crippen LogP contribution < -0.4 is 5.32 Å². The largest absolute Gasteiger partial charge is 0.419 e. The van der Waals surface area contributed by atoms with Crippen molar-refractivity contribution >= 4 is 17.6 Å². The number of nitrogens with one attached hydrogen (secondary N) is 1. The molecule has 0 saturated carbocycles. The van der Waals surface area contributed by atoms with Crippen LogP contribution in [0.15, 0.2) is 36.0 Å². The Bertz CT molecular complexity index is 595. The van der Waals surface area contributed by atoms with Crippen LogP contribution in [0.2, 0.25) is 0 Å². The predicted molar refractivity (Wildman–Crippen MR) is 83.0 cm³/mol. The minimum Gasteiger partial charge on any atom is -0.419 e. The van der Waals surface area contributed by atoms with Gasteiger partial charge >= 0.3 is 11.9 Å². The third kappa shape index (κ3) is 4.10. The Balaban J connectivity index is 2.11. The lowest BCUT2D eigenvalue weighted by Crippen LogP contribution is -2.42. The molecule has 0 bridgehead atoms. The molecule has 1 aromatic carbocycles. The van der Waals surface area contributed by atoms with Crippen molar-refractivity contribution in [3.8, 4) is 0 Å². The summed E-state index contributed by atoms with van der Waals surface area (Å²) < 4.78 is 10.1. The fourth-order valence-electron chi connectivity index (χ4n) is 2.19. The van der Waals surface area contributed by atoms with Gasteiger partial charge in [-0.1, -0.05) is 26.0 Å². The number of carbonyl (C=O) groups is 2. The van der Waals surface area contributed by atoms with Gasteiger partial charge in [0.25, 0.3) is 5.79 Å². The number of hydrogen-bond donors (Lipinski definition) is 1. The summed E-state index contributed by atoms with van der Waals surface area (Å²) in [7, 11) is 0. The summed E-state index contributed by atoms with van der Waals surface area (Å²) in [6, 6.07) is 7.83. The number of esters is 2. The van der Waals surface area contributed by atoms with E-state index in [0.29, 0.717) is 5.92 Å². The zero-order valence-corrected chi connectivity index (χ0v) is 13.3. The average molecular weight is 303 g/mol. The molecule has 1 aliphatic heterocycles. The Morgan fingerprint density at radius 3 is 2.41 bits per heavy atom. The van der Waals surface area contributed by atoms with Gasteiger partial charge in [-0.05, 0) is 30.0 Å². The van der Waals surface area contributed by atoms with E-state index in [-0.39, 0.29) is 5.57 Å². The number of rotatable bonds is 4. The first-order valence-corrected chi connectivity index (χ1v) is 7.29. The molecule has 1 aliphatic rings. The summed E-state index contributed by atoms with van der Waals surface area (Å²) in [5.41, 5.74) is 1.85. The Kier molecular flexibility index (Phi) is 4.54. The molecule has 0 amide bonds. The summed E-state index contributed by atoms with van der Waals surface area (Å²) in [4.78, 5) is 23.6. The minimum absolute atomic E-state index is 0.145. The molecule has 5 heteroatoms. The Morgan fingerprint density at radius 1 is 1.18 bits per heavy atom. The van der Waals surface area contributed by atoms with Crippen LogP contribution in [0.3, 0.4) is 0 Å². The summed E-state index contributed by atoms with van der Waals surface area (Å²) in [6.45, 7) is 7.33. The molecule has 1 aromatic rings. The third-order valence-corrected chi connectivity index (χ3v) is 3.07. The molecule has 0 unspecified atom stereocenters. The highest BCUT2D eigenvalue weighted by Gasteiger charge is 2.38. The van der Waals surface area contributed by atoms with Gasteiger partial charge in [-0.15, -0.1) is 0 Å². The molecule has 0 aromatic heterocycles. The SMILES string of the molecule is CC(C)Cc1cccc(NC=C2C(=O)OC(C)(C)OC2=O)c1. The molecule has 0 atom stereocenters. The van der Waals surface area contributed by atoms with Crippen molar-refractivity contribution in [3.05, 3.63) is 41.6 Å². The Hall–Kier alpha value is -2.30. The minimum atomic E-state index is -1.22. The van der Waals surface area contributed by atoms with Crippen LogP contribution in [0.5, 0.6) is 0 Å². The predicted octanol–water partition coefficient (Wildman–Crippen LogP) is 3.02. The van der Waals surface area contributed by atoms with Crippen LogP contribution in [0.4, 0.5) is 5.69 Å². The second-order valence-corrected chi connectivity index (χ2v) is 6.18. The molecule has 1 fully saturated rings. The highest BCUT2D eigenvalue weighted by Crippen LogP contribution is 2.23. The lowest BCUT2D eigenvalue weighted by atomic mass is 10.0. The van der Waals surface area contributed by atoms with Gasteiger partial charge in [-0.3, -0.25) is 0 Å². The second kappa shape index (κ2) is 6.22. The summed E-state index contributed by atoms with van der Waals surface area (Å²) in [5.74, 6) is -2.04. The Labute approximate surface area is 130 Å². The van der Waals surface area contributed by atoms with Crippen molar-refractivity contribution in [2.24, 2.45) is 5.92 Å². The monoisotopic (exact) mass is 303 g/mol. The highest BCUT2D eigenvalue weighted by atomic mass is 16.7. The molecule has 1 saturated heterocycles. The number of ether oxygens (including phenoxy) is 2. The molecule has 22 heavy (non-hydrogen) atoms. The maximum absolute atomic E-state index is 11.8. The van der Waals surface area contributed by atoms with E-state index in [0.717, 1.165) is 12.1 Å². The lowest BCUT2D eigenvalue weighted by molar-refractivity contribution is -0.222. The molecule has 0 aliphatic carbocycles. The molecule has 118 valence electrons. The molecule has 5 nitrogen and oxygen atoms in total. The number of carbonyl (C=O) groups excluding carboxylic acids is 2. The fraction of sp³-hybridized carbons (Fsp3) is 0.412. The van der Waals surface area contributed by atoms with Crippen LogP contribution >= 0.6 is 0 Å². The first kappa shape index (κ1) is 16.1. The molecule has 2 rings (SSSR count). The van der Waals surface area contributed by atoms with Crippen LogP contribution in [-0.2, 0) is 25.5 Å². The van der Waals surface area contributed by atoms with E-state index in [4.69, 9.17) is 9.47 Å². The number of benzene rings is 1. The first-order chi connectivity index (χ1) is 10.3. The van der Waals surface area contributed by atoms with Gasteiger partial charge in [-0.25, -0.2) is 9.59 Å². The molecule has 0 radical (unpaired) electrons. The van der Waals surface area contributed by atoms with Gasteiger partial charge in [0.1, 0.15) is 0 Å².